The number of carbonyl (C=O) groups excluding carboxylic acids is 1. The van der Waals surface area contributed by atoms with Crippen molar-refractivity contribution in [1.82, 2.24) is 0 Å². The van der Waals surface area contributed by atoms with Crippen molar-refractivity contribution in [3.05, 3.63) is 64.4 Å². The number of benzene rings is 2. The van der Waals surface area contributed by atoms with E-state index in [0.29, 0.717) is 21.8 Å². The Morgan fingerprint density at radius 1 is 1.22 bits per heavy atom. The minimum Gasteiger partial charge on any atom is -0.322 e. The first-order valence-electron chi connectivity index (χ1n) is 5.39. The lowest BCUT2D eigenvalue weighted by molar-refractivity contribution is 0.102. The molecule has 0 fully saturated rings. The van der Waals surface area contributed by atoms with Crippen LogP contribution >= 0.6 is 11.6 Å². The molecule has 1 amide bonds. The Bertz CT molecular complexity index is 598. The maximum atomic E-state index is 12.9. The number of hydrogen-bond acceptors (Lipinski definition) is 1. The van der Waals surface area contributed by atoms with Crippen LogP contribution in [0.5, 0.6) is 0 Å². The van der Waals surface area contributed by atoms with Gasteiger partial charge in [-0.2, -0.15) is 0 Å². The molecule has 2 rings (SSSR count). The summed E-state index contributed by atoms with van der Waals surface area (Å²) < 4.78 is 12.9. The van der Waals surface area contributed by atoms with Crippen LogP contribution in [0.3, 0.4) is 0 Å². The van der Waals surface area contributed by atoms with E-state index in [1.54, 1.807) is 31.2 Å². The second kappa shape index (κ2) is 5.19. The van der Waals surface area contributed by atoms with Crippen molar-refractivity contribution in [3.63, 3.8) is 0 Å². The Morgan fingerprint density at radius 2 is 2.00 bits per heavy atom. The van der Waals surface area contributed by atoms with Gasteiger partial charge in [-0.1, -0.05) is 17.7 Å². The highest BCUT2D eigenvalue weighted by Gasteiger charge is 2.09. The topological polar surface area (TPSA) is 29.1 Å². The number of anilines is 1. The molecule has 2 nitrogen and oxygen atoms in total. The van der Waals surface area contributed by atoms with Crippen molar-refractivity contribution in [1.29, 1.82) is 0 Å². The number of halogens is 2. The number of nitrogens with one attached hydrogen (secondary N) is 1. The standard InChI is InChI=1S/C14H11ClFNO/c1-9-7-11(16)5-6-13(9)14(18)17-12-4-2-3-10(15)8-12/h2-8H,1H3,(H,17,18). The van der Waals surface area contributed by atoms with Gasteiger partial charge in [0.15, 0.2) is 0 Å². The number of rotatable bonds is 2. The lowest BCUT2D eigenvalue weighted by Gasteiger charge is -2.08. The van der Waals surface area contributed by atoms with E-state index in [0.717, 1.165) is 0 Å². The zero-order valence-corrected chi connectivity index (χ0v) is 10.5. The van der Waals surface area contributed by atoms with Crippen LogP contribution in [0.1, 0.15) is 15.9 Å². The van der Waals surface area contributed by atoms with Gasteiger partial charge in [-0.25, -0.2) is 4.39 Å². The van der Waals surface area contributed by atoms with Gasteiger partial charge in [0.1, 0.15) is 5.82 Å². The van der Waals surface area contributed by atoms with Crippen LogP contribution in [0.25, 0.3) is 0 Å². The summed E-state index contributed by atoms with van der Waals surface area (Å²) in [6, 6.07) is 10.9. The highest BCUT2D eigenvalue weighted by Crippen LogP contribution is 2.17. The fourth-order valence-corrected chi connectivity index (χ4v) is 1.84. The second-order valence-corrected chi connectivity index (χ2v) is 4.36. The largest absolute Gasteiger partial charge is 0.322 e. The predicted octanol–water partition coefficient (Wildman–Crippen LogP) is 4.04. The van der Waals surface area contributed by atoms with E-state index < -0.39 is 0 Å². The number of amides is 1. The average Bonchev–Trinajstić information content (AvgIpc) is 2.28. The third-order valence-electron chi connectivity index (χ3n) is 2.52. The molecule has 18 heavy (non-hydrogen) atoms. The maximum absolute atomic E-state index is 12.9. The van der Waals surface area contributed by atoms with Gasteiger partial charge in [0.05, 0.1) is 0 Å². The van der Waals surface area contributed by atoms with Crippen LogP contribution in [-0.2, 0) is 0 Å². The van der Waals surface area contributed by atoms with Crippen molar-refractivity contribution in [3.8, 4) is 0 Å². The van der Waals surface area contributed by atoms with Crippen LogP contribution in [0, 0.1) is 12.7 Å². The monoisotopic (exact) mass is 263 g/mol. The van der Waals surface area contributed by atoms with E-state index in [2.05, 4.69) is 5.32 Å². The van der Waals surface area contributed by atoms with Gasteiger partial charge in [0, 0.05) is 16.3 Å². The van der Waals surface area contributed by atoms with Crippen LogP contribution in [0.4, 0.5) is 10.1 Å². The molecule has 0 bridgehead atoms. The van der Waals surface area contributed by atoms with Crippen LogP contribution in [0.2, 0.25) is 5.02 Å². The fourth-order valence-electron chi connectivity index (χ4n) is 1.65. The van der Waals surface area contributed by atoms with Crippen molar-refractivity contribution < 1.29 is 9.18 Å². The van der Waals surface area contributed by atoms with E-state index >= 15 is 0 Å². The summed E-state index contributed by atoms with van der Waals surface area (Å²) in [5, 5.41) is 3.26. The van der Waals surface area contributed by atoms with Gasteiger partial charge in [0.2, 0.25) is 0 Å². The lowest BCUT2D eigenvalue weighted by atomic mass is 10.1. The van der Waals surface area contributed by atoms with E-state index in [-0.39, 0.29) is 11.7 Å². The summed E-state index contributed by atoms with van der Waals surface area (Å²) in [4.78, 5) is 12.0. The number of aryl methyl sites for hydroxylation is 1. The summed E-state index contributed by atoms with van der Waals surface area (Å²) in [6.45, 7) is 1.69. The molecule has 1 N–H and O–H groups in total. The van der Waals surface area contributed by atoms with Gasteiger partial charge < -0.3 is 5.32 Å². The molecule has 0 aliphatic carbocycles. The van der Waals surface area contributed by atoms with E-state index in [9.17, 15) is 9.18 Å². The quantitative estimate of drug-likeness (QED) is 0.870. The zero-order valence-electron chi connectivity index (χ0n) is 9.71. The minimum absolute atomic E-state index is 0.283. The van der Waals surface area contributed by atoms with E-state index in [4.69, 9.17) is 11.6 Å². The summed E-state index contributed by atoms with van der Waals surface area (Å²) in [6.07, 6.45) is 0. The Hall–Kier alpha value is -1.87. The molecule has 2 aromatic rings. The third-order valence-corrected chi connectivity index (χ3v) is 2.75. The Balaban J connectivity index is 2.22. The average molecular weight is 264 g/mol. The molecule has 0 saturated heterocycles. The van der Waals surface area contributed by atoms with Gasteiger partial charge in [-0.3, -0.25) is 4.79 Å². The fraction of sp³-hybridized carbons (Fsp3) is 0.0714. The summed E-state index contributed by atoms with van der Waals surface area (Å²) >= 11 is 5.83. The molecule has 92 valence electrons. The van der Waals surface area contributed by atoms with E-state index in [1.807, 2.05) is 0 Å². The molecule has 0 heterocycles. The van der Waals surface area contributed by atoms with Gasteiger partial charge in [-0.05, 0) is 48.9 Å². The summed E-state index contributed by atoms with van der Waals surface area (Å²) in [7, 11) is 0. The van der Waals surface area contributed by atoms with Crippen molar-refractivity contribution >= 4 is 23.2 Å². The molecule has 0 aliphatic rings. The molecular formula is C14H11ClFNO. The molecular weight excluding hydrogens is 253 g/mol. The minimum atomic E-state index is -0.355. The smallest absolute Gasteiger partial charge is 0.255 e. The Morgan fingerprint density at radius 3 is 2.67 bits per heavy atom. The highest BCUT2D eigenvalue weighted by atomic mass is 35.5. The molecule has 0 radical (unpaired) electrons. The first kappa shape index (κ1) is 12.6. The van der Waals surface area contributed by atoms with Gasteiger partial charge in [0.25, 0.3) is 5.91 Å². The molecule has 2 aromatic carbocycles. The van der Waals surface area contributed by atoms with Crippen molar-refractivity contribution in [2.45, 2.75) is 6.92 Å². The Kier molecular flexibility index (Phi) is 3.63. The number of hydrogen-bond donors (Lipinski definition) is 1. The van der Waals surface area contributed by atoms with Gasteiger partial charge in [-0.15, -0.1) is 0 Å². The molecule has 0 aromatic heterocycles. The zero-order chi connectivity index (χ0) is 13.1. The molecule has 4 heteroatoms. The second-order valence-electron chi connectivity index (χ2n) is 3.92. The molecule has 0 saturated carbocycles. The van der Waals surface area contributed by atoms with Crippen LogP contribution < -0.4 is 5.32 Å². The Labute approximate surface area is 109 Å². The normalized spacial score (nSPS) is 10.2. The van der Waals surface area contributed by atoms with Crippen molar-refractivity contribution in [2.75, 3.05) is 5.32 Å². The lowest BCUT2D eigenvalue weighted by Crippen LogP contribution is -2.13. The number of carbonyl (C=O) groups is 1. The first-order valence-corrected chi connectivity index (χ1v) is 5.77. The van der Waals surface area contributed by atoms with Crippen LogP contribution in [0.15, 0.2) is 42.5 Å². The SMILES string of the molecule is Cc1cc(F)ccc1C(=O)Nc1cccc(Cl)c1. The van der Waals surface area contributed by atoms with Gasteiger partial charge >= 0.3 is 0 Å². The molecule has 0 atom stereocenters. The van der Waals surface area contributed by atoms with Crippen LogP contribution in [-0.4, -0.2) is 5.91 Å². The summed E-state index contributed by atoms with van der Waals surface area (Å²) in [5.41, 5.74) is 1.64. The molecule has 0 spiro atoms. The first-order chi connectivity index (χ1) is 8.56. The highest BCUT2D eigenvalue weighted by molar-refractivity contribution is 6.30. The summed E-state index contributed by atoms with van der Waals surface area (Å²) in [5.74, 6) is -0.637. The van der Waals surface area contributed by atoms with E-state index in [1.165, 1.54) is 18.2 Å². The maximum Gasteiger partial charge on any atom is 0.255 e. The third kappa shape index (κ3) is 2.87. The predicted molar refractivity (Wildman–Crippen MR) is 70.5 cm³/mol. The molecule has 0 aliphatic heterocycles. The van der Waals surface area contributed by atoms with Crippen molar-refractivity contribution in [2.24, 2.45) is 0 Å². The molecule has 0 unspecified atom stereocenters.